The topological polar surface area (TPSA) is 173 Å². The molecule has 6 rings (SSSR count). The maximum absolute atomic E-state index is 12.2. The third-order valence-electron chi connectivity index (χ3n) is 7.89. The molecule has 0 radical (unpaired) electrons. The second-order valence-electron chi connectivity index (χ2n) is 11.3. The van der Waals surface area contributed by atoms with E-state index in [1.54, 1.807) is 54.6 Å². The molecule has 0 fully saturated rings. The summed E-state index contributed by atoms with van der Waals surface area (Å²) in [7, 11) is -8.86. The van der Waals surface area contributed by atoms with Crippen molar-refractivity contribution in [3.05, 3.63) is 139 Å². The fraction of sp³-hybridized carbons (Fsp3) is 0.0811. The zero-order valence-corrected chi connectivity index (χ0v) is 28.8. The Balaban J connectivity index is 1.20. The molecule has 0 aliphatic rings. The van der Waals surface area contributed by atoms with Crippen LogP contribution in [0.5, 0.6) is 0 Å². The van der Waals surface area contributed by atoms with E-state index in [0.29, 0.717) is 35.8 Å². The van der Waals surface area contributed by atoms with Crippen molar-refractivity contribution in [1.82, 2.24) is 0 Å². The molecular formula is C37H32N6O6S2. The molecule has 0 atom stereocenters. The number of benzene rings is 6. The maximum Gasteiger partial charge on any atom is 0.296 e. The molecule has 6 aromatic carbocycles. The highest BCUT2D eigenvalue weighted by Gasteiger charge is 2.17. The quantitative estimate of drug-likeness (QED) is 0.0827. The average molecular weight is 721 g/mol. The molecule has 0 bridgehead atoms. The van der Waals surface area contributed by atoms with Crippen molar-refractivity contribution >= 4 is 70.8 Å². The third kappa shape index (κ3) is 8.69. The van der Waals surface area contributed by atoms with Gasteiger partial charge < -0.3 is 10.2 Å². The van der Waals surface area contributed by atoms with Gasteiger partial charge >= 0.3 is 0 Å². The SMILES string of the molecule is CCN(Cc1cccc(S(=O)(=O)O)c1)c1ccc(N=Nc2ccc(N=Nc3ccc(Nc4ccccc4)c(S(=O)(=O)O)c3)c3ccccc23)cc1. The second-order valence-corrected chi connectivity index (χ2v) is 14.2. The van der Waals surface area contributed by atoms with E-state index in [2.05, 4.69) is 30.7 Å². The summed E-state index contributed by atoms with van der Waals surface area (Å²) in [6.07, 6.45) is 0. The van der Waals surface area contributed by atoms with Crippen LogP contribution in [0.3, 0.4) is 0 Å². The third-order valence-corrected chi connectivity index (χ3v) is 9.63. The summed E-state index contributed by atoms with van der Waals surface area (Å²) in [6, 6.07) is 38.1. The highest BCUT2D eigenvalue weighted by atomic mass is 32.2. The minimum atomic E-state index is -4.57. The van der Waals surface area contributed by atoms with Gasteiger partial charge in [0.05, 0.1) is 33.3 Å². The molecule has 258 valence electrons. The van der Waals surface area contributed by atoms with Gasteiger partial charge in [-0.25, -0.2) is 0 Å². The number of fused-ring (bicyclic) bond motifs is 1. The lowest BCUT2D eigenvalue weighted by molar-refractivity contribution is 0.481. The molecule has 3 N–H and O–H groups in total. The van der Waals surface area contributed by atoms with Crippen LogP contribution in [0.1, 0.15) is 12.5 Å². The fourth-order valence-corrected chi connectivity index (χ4v) is 6.59. The lowest BCUT2D eigenvalue weighted by atomic mass is 10.1. The van der Waals surface area contributed by atoms with E-state index >= 15 is 0 Å². The highest BCUT2D eigenvalue weighted by Crippen LogP contribution is 2.36. The Morgan fingerprint density at radius 2 is 1.22 bits per heavy atom. The number of nitrogens with one attached hydrogen (secondary N) is 1. The summed E-state index contributed by atoms with van der Waals surface area (Å²) in [5.74, 6) is 0. The van der Waals surface area contributed by atoms with Crippen LogP contribution < -0.4 is 10.2 Å². The van der Waals surface area contributed by atoms with Gasteiger partial charge in [0, 0.05) is 35.2 Å². The van der Waals surface area contributed by atoms with E-state index < -0.39 is 20.2 Å². The van der Waals surface area contributed by atoms with Gasteiger partial charge in [0.25, 0.3) is 20.2 Å². The first-order valence-corrected chi connectivity index (χ1v) is 18.6. The molecule has 0 heterocycles. The maximum atomic E-state index is 12.2. The van der Waals surface area contributed by atoms with E-state index in [0.717, 1.165) is 22.0 Å². The van der Waals surface area contributed by atoms with Gasteiger partial charge in [-0.05, 0) is 91.3 Å². The van der Waals surface area contributed by atoms with Crippen LogP contribution in [0.15, 0.2) is 164 Å². The van der Waals surface area contributed by atoms with Crippen molar-refractivity contribution in [1.29, 1.82) is 0 Å². The monoisotopic (exact) mass is 720 g/mol. The molecular weight excluding hydrogens is 689 g/mol. The minimum absolute atomic E-state index is 0.146. The van der Waals surface area contributed by atoms with Crippen molar-refractivity contribution in [2.45, 2.75) is 23.3 Å². The summed E-state index contributed by atoms with van der Waals surface area (Å²) in [4.78, 5) is 1.58. The normalized spacial score (nSPS) is 12.1. The molecule has 6 aromatic rings. The minimum Gasteiger partial charge on any atom is -0.367 e. The van der Waals surface area contributed by atoms with E-state index in [9.17, 15) is 25.9 Å². The molecule has 14 heteroatoms. The van der Waals surface area contributed by atoms with Crippen molar-refractivity contribution in [3.8, 4) is 0 Å². The van der Waals surface area contributed by atoms with Crippen LogP contribution in [-0.4, -0.2) is 32.5 Å². The summed E-state index contributed by atoms with van der Waals surface area (Å²) < 4.78 is 66.9. The molecule has 0 unspecified atom stereocenters. The molecule has 0 amide bonds. The number of nitrogens with zero attached hydrogens (tertiary/aromatic N) is 5. The molecule has 0 saturated heterocycles. The first-order valence-electron chi connectivity index (χ1n) is 15.7. The van der Waals surface area contributed by atoms with Crippen LogP contribution >= 0.6 is 0 Å². The van der Waals surface area contributed by atoms with Crippen LogP contribution in [0.4, 0.5) is 39.8 Å². The Morgan fingerprint density at radius 1 is 0.608 bits per heavy atom. The average Bonchev–Trinajstić information content (AvgIpc) is 3.13. The van der Waals surface area contributed by atoms with E-state index in [4.69, 9.17) is 0 Å². The fourth-order valence-electron chi connectivity index (χ4n) is 5.37. The van der Waals surface area contributed by atoms with Crippen molar-refractivity contribution in [2.75, 3.05) is 16.8 Å². The van der Waals surface area contributed by atoms with Gasteiger partial charge in [-0.2, -0.15) is 27.1 Å². The van der Waals surface area contributed by atoms with Crippen molar-refractivity contribution < 1.29 is 25.9 Å². The first kappa shape index (κ1) is 35.0. The molecule has 0 spiro atoms. The summed E-state index contributed by atoms with van der Waals surface area (Å²) in [5.41, 5.74) is 4.47. The van der Waals surface area contributed by atoms with Gasteiger partial charge in [0.2, 0.25) is 0 Å². The van der Waals surface area contributed by atoms with Gasteiger partial charge in [0.15, 0.2) is 0 Å². The summed E-state index contributed by atoms with van der Waals surface area (Å²) in [6.45, 7) is 3.09. The number of azo groups is 2. The van der Waals surface area contributed by atoms with Gasteiger partial charge in [-0.1, -0.05) is 54.6 Å². The molecule has 0 aromatic heterocycles. The Labute approximate surface area is 295 Å². The second kappa shape index (κ2) is 15.0. The summed E-state index contributed by atoms with van der Waals surface area (Å²) in [5, 5.41) is 22.1. The lowest BCUT2D eigenvalue weighted by Crippen LogP contribution is -2.22. The van der Waals surface area contributed by atoms with Crippen molar-refractivity contribution in [3.63, 3.8) is 0 Å². The molecule has 12 nitrogen and oxygen atoms in total. The van der Waals surface area contributed by atoms with E-state index in [1.807, 2.05) is 61.5 Å². The largest absolute Gasteiger partial charge is 0.367 e. The standard InChI is InChI=1S/C37H32N6O6S2/c1-2-43(25-26-9-8-12-31(23-26)50(44,45)46)30-18-15-28(16-19-30)39-41-34-21-22-35(33-14-7-6-13-32(33)34)42-40-29-17-20-36(37(24-29)51(47,48)49)38-27-10-4-3-5-11-27/h3-24,38H,2,25H2,1H3,(H,44,45,46)(H,47,48,49). The Morgan fingerprint density at radius 3 is 1.82 bits per heavy atom. The van der Waals surface area contributed by atoms with Gasteiger partial charge in [-0.15, -0.1) is 10.2 Å². The predicted octanol–water partition coefficient (Wildman–Crippen LogP) is 9.93. The van der Waals surface area contributed by atoms with Crippen LogP contribution in [0, 0.1) is 0 Å². The van der Waals surface area contributed by atoms with Crippen LogP contribution in [0.25, 0.3) is 10.8 Å². The van der Waals surface area contributed by atoms with Crippen LogP contribution in [-0.2, 0) is 26.8 Å². The zero-order chi connectivity index (χ0) is 36.0. The number of anilines is 3. The molecule has 0 saturated carbocycles. The first-order chi connectivity index (χ1) is 24.5. The zero-order valence-electron chi connectivity index (χ0n) is 27.2. The number of hydrogen-bond acceptors (Lipinski definition) is 10. The molecule has 0 aliphatic heterocycles. The predicted molar refractivity (Wildman–Crippen MR) is 198 cm³/mol. The van der Waals surface area contributed by atoms with E-state index in [1.165, 1.54) is 24.3 Å². The smallest absolute Gasteiger partial charge is 0.296 e. The number of hydrogen-bond donors (Lipinski definition) is 3. The Kier molecular flexibility index (Phi) is 10.3. The summed E-state index contributed by atoms with van der Waals surface area (Å²) >= 11 is 0. The van der Waals surface area contributed by atoms with Gasteiger partial charge in [-0.3, -0.25) is 9.11 Å². The van der Waals surface area contributed by atoms with Gasteiger partial charge in [0.1, 0.15) is 4.90 Å². The van der Waals surface area contributed by atoms with Crippen molar-refractivity contribution in [2.24, 2.45) is 20.5 Å². The number of para-hydroxylation sites is 1. The van der Waals surface area contributed by atoms with E-state index in [-0.39, 0.29) is 21.2 Å². The number of rotatable bonds is 12. The molecule has 0 aliphatic carbocycles. The Bertz CT molecular complexity index is 2470. The highest BCUT2D eigenvalue weighted by molar-refractivity contribution is 7.86. The Hall–Kier alpha value is -5.80. The molecule has 51 heavy (non-hydrogen) atoms. The lowest BCUT2D eigenvalue weighted by Gasteiger charge is -2.23. The van der Waals surface area contributed by atoms with Crippen LogP contribution in [0.2, 0.25) is 0 Å².